The number of H-pyrrole nitrogens is 1. The van der Waals surface area contributed by atoms with Crippen molar-refractivity contribution in [1.29, 1.82) is 0 Å². The van der Waals surface area contributed by atoms with E-state index in [0.29, 0.717) is 22.7 Å². The van der Waals surface area contributed by atoms with Crippen LogP contribution < -0.4 is 4.83 Å². The molecule has 0 spiro atoms. The van der Waals surface area contributed by atoms with Crippen LogP contribution in [0.4, 0.5) is 4.39 Å². The van der Waals surface area contributed by atoms with E-state index in [-0.39, 0.29) is 10.7 Å². The number of halogens is 1. The number of hydrazone groups is 1. The fraction of sp³-hybridized carbons (Fsp3) is 0.200. The van der Waals surface area contributed by atoms with Crippen LogP contribution in [0.2, 0.25) is 0 Å². The van der Waals surface area contributed by atoms with Crippen molar-refractivity contribution in [3.63, 3.8) is 0 Å². The summed E-state index contributed by atoms with van der Waals surface area (Å²) < 4.78 is 37.9. The summed E-state index contributed by atoms with van der Waals surface area (Å²) in [6.07, 6.45) is 3.85. The van der Waals surface area contributed by atoms with Gasteiger partial charge >= 0.3 is 0 Å². The molecule has 6 nitrogen and oxygen atoms in total. The molecule has 0 aliphatic carbocycles. The SMILES string of the molecule is CC[C@@H](C)c1ccc(S(=O)(=O)N/N=C\c2cn[nH]c2-c2ccc(F)cc2)cc1. The summed E-state index contributed by atoms with van der Waals surface area (Å²) in [6, 6.07) is 12.6. The average Bonchev–Trinajstić information content (AvgIpc) is 3.16. The fourth-order valence-corrected chi connectivity index (χ4v) is 3.46. The van der Waals surface area contributed by atoms with Crippen molar-refractivity contribution in [2.24, 2.45) is 5.10 Å². The highest BCUT2D eigenvalue weighted by atomic mass is 32.2. The third-order valence-corrected chi connectivity index (χ3v) is 5.79. The molecule has 0 aliphatic rings. The second-order valence-electron chi connectivity index (χ2n) is 6.44. The number of benzene rings is 2. The molecule has 1 atom stereocenters. The minimum Gasteiger partial charge on any atom is -0.277 e. The van der Waals surface area contributed by atoms with Gasteiger partial charge < -0.3 is 0 Å². The predicted octanol–water partition coefficient (Wildman–Crippen LogP) is 4.04. The lowest BCUT2D eigenvalue weighted by atomic mass is 9.99. The standard InChI is InChI=1S/C20H21FN4O2S/c1-3-14(2)15-6-10-19(11-7-15)28(26,27)25-23-13-17-12-22-24-20(17)16-4-8-18(21)9-5-16/h4-14,25H,3H2,1-2H3,(H,22,24)/b23-13-/t14-/m1/s1. The Hall–Kier alpha value is -3.00. The van der Waals surface area contributed by atoms with E-state index < -0.39 is 10.0 Å². The van der Waals surface area contributed by atoms with E-state index in [0.717, 1.165) is 12.0 Å². The molecule has 3 rings (SSSR count). The van der Waals surface area contributed by atoms with Gasteiger partial charge in [0.25, 0.3) is 10.0 Å². The number of hydrogen-bond donors (Lipinski definition) is 2. The van der Waals surface area contributed by atoms with E-state index in [2.05, 4.69) is 34.0 Å². The molecule has 1 heterocycles. The maximum absolute atomic E-state index is 13.1. The lowest BCUT2D eigenvalue weighted by molar-refractivity contribution is 0.584. The highest BCUT2D eigenvalue weighted by Crippen LogP contribution is 2.21. The van der Waals surface area contributed by atoms with E-state index in [9.17, 15) is 12.8 Å². The maximum Gasteiger partial charge on any atom is 0.276 e. The fourth-order valence-electron chi connectivity index (χ4n) is 2.67. The van der Waals surface area contributed by atoms with Gasteiger partial charge in [-0.15, -0.1) is 0 Å². The first-order chi connectivity index (χ1) is 13.4. The third kappa shape index (κ3) is 4.45. The normalized spacial score (nSPS) is 13.0. The van der Waals surface area contributed by atoms with Crippen LogP contribution in [0.15, 0.2) is 64.7 Å². The molecule has 8 heteroatoms. The van der Waals surface area contributed by atoms with Gasteiger partial charge in [0, 0.05) is 11.1 Å². The molecule has 0 unspecified atom stereocenters. The quantitative estimate of drug-likeness (QED) is 0.463. The van der Waals surface area contributed by atoms with Gasteiger partial charge in [-0.2, -0.15) is 18.6 Å². The Morgan fingerprint density at radius 3 is 2.50 bits per heavy atom. The van der Waals surface area contributed by atoms with E-state index in [1.165, 1.54) is 24.5 Å². The Morgan fingerprint density at radius 2 is 1.86 bits per heavy atom. The molecule has 0 saturated carbocycles. The Kier molecular flexibility index (Phi) is 5.89. The van der Waals surface area contributed by atoms with E-state index in [1.54, 1.807) is 24.3 Å². The second-order valence-corrected chi connectivity index (χ2v) is 8.10. The lowest BCUT2D eigenvalue weighted by Gasteiger charge is -2.09. The largest absolute Gasteiger partial charge is 0.277 e. The smallest absolute Gasteiger partial charge is 0.276 e. The summed E-state index contributed by atoms with van der Waals surface area (Å²) in [4.78, 5) is 2.35. The lowest BCUT2D eigenvalue weighted by Crippen LogP contribution is -2.18. The topological polar surface area (TPSA) is 87.2 Å². The number of nitrogens with one attached hydrogen (secondary N) is 2. The highest BCUT2D eigenvalue weighted by molar-refractivity contribution is 7.89. The van der Waals surface area contributed by atoms with Gasteiger partial charge in [-0.25, -0.2) is 9.22 Å². The number of nitrogens with zero attached hydrogens (tertiary/aromatic N) is 2. The van der Waals surface area contributed by atoms with Gasteiger partial charge in [-0.05, 0) is 54.3 Å². The van der Waals surface area contributed by atoms with Gasteiger partial charge in [0.05, 0.1) is 23.0 Å². The van der Waals surface area contributed by atoms with Crippen molar-refractivity contribution in [2.45, 2.75) is 31.1 Å². The molecule has 0 saturated heterocycles. The Balaban J connectivity index is 1.74. The first-order valence-electron chi connectivity index (χ1n) is 8.85. The van der Waals surface area contributed by atoms with Crippen LogP contribution in [0.5, 0.6) is 0 Å². The number of hydrogen-bond acceptors (Lipinski definition) is 4. The minimum absolute atomic E-state index is 0.141. The Labute approximate surface area is 163 Å². The summed E-state index contributed by atoms with van der Waals surface area (Å²) in [6.45, 7) is 4.18. The van der Waals surface area contributed by atoms with Crippen molar-refractivity contribution >= 4 is 16.2 Å². The number of aromatic nitrogens is 2. The molecule has 0 aliphatic heterocycles. The first kappa shape index (κ1) is 19.8. The van der Waals surface area contributed by atoms with Gasteiger partial charge in [-0.3, -0.25) is 5.10 Å². The van der Waals surface area contributed by atoms with Crippen LogP contribution in [-0.4, -0.2) is 24.8 Å². The van der Waals surface area contributed by atoms with E-state index in [4.69, 9.17) is 0 Å². The van der Waals surface area contributed by atoms with Gasteiger partial charge in [0.15, 0.2) is 0 Å². The highest BCUT2D eigenvalue weighted by Gasteiger charge is 2.14. The summed E-state index contributed by atoms with van der Waals surface area (Å²) >= 11 is 0. The molecular weight excluding hydrogens is 379 g/mol. The van der Waals surface area contributed by atoms with Crippen molar-refractivity contribution in [2.75, 3.05) is 0 Å². The molecular formula is C20H21FN4O2S. The number of aromatic amines is 1. The maximum atomic E-state index is 13.1. The summed E-state index contributed by atoms with van der Waals surface area (Å²) in [7, 11) is -3.77. The average molecular weight is 400 g/mol. The first-order valence-corrected chi connectivity index (χ1v) is 10.3. The monoisotopic (exact) mass is 400 g/mol. The van der Waals surface area contributed by atoms with Crippen LogP contribution in [0, 0.1) is 5.82 Å². The van der Waals surface area contributed by atoms with Crippen molar-refractivity contribution in [3.05, 3.63) is 71.7 Å². The third-order valence-electron chi connectivity index (χ3n) is 4.55. The zero-order valence-electron chi connectivity index (χ0n) is 15.6. The van der Waals surface area contributed by atoms with Crippen molar-refractivity contribution in [1.82, 2.24) is 15.0 Å². The molecule has 0 fully saturated rings. The summed E-state index contributed by atoms with van der Waals surface area (Å²) in [5.41, 5.74) is 2.98. The van der Waals surface area contributed by atoms with Crippen molar-refractivity contribution < 1.29 is 12.8 Å². The number of rotatable bonds is 7. The van der Waals surface area contributed by atoms with Crippen LogP contribution in [0.25, 0.3) is 11.3 Å². The predicted molar refractivity (Wildman–Crippen MR) is 107 cm³/mol. The van der Waals surface area contributed by atoms with Gasteiger partial charge in [0.2, 0.25) is 0 Å². The van der Waals surface area contributed by atoms with Gasteiger partial charge in [0.1, 0.15) is 5.82 Å². The zero-order valence-corrected chi connectivity index (χ0v) is 16.4. The van der Waals surface area contributed by atoms with Crippen LogP contribution >= 0.6 is 0 Å². The van der Waals surface area contributed by atoms with Gasteiger partial charge in [-0.1, -0.05) is 26.0 Å². The molecule has 0 radical (unpaired) electrons. The molecule has 2 aromatic carbocycles. The molecule has 0 bridgehead atoms. The molecule has 1 aromatic heterocycles. The van der Waals surface area contributed by atoms with E-state index >= 15 is 0 Å². The molecule has 2 N–H and O–H groups in total. The number of sulfonamides is 1. The van der Waals surface area contributed by atoms with Crippen LogP contribution in [0.1, 0.15) is 37.3 Å². The summed E-state index contributed by atoms with van der Waals surface area (Å²) in [5.74, 6) is 0.0271. The molecule has 146 valence electrons. The second kappa shape index (κ2) is 8.35. The molecule has 28 heavy (non-hydrogen) atoms. The van der Waals surface area contributed by atoms with Crippen molar-refractivity contribution in [3.8, 4) is 11.3 Å². The minimum atomic E-state index is -3.77. The Morgan fingerprint density at radius 1 is 1.18 bits per heavy atom. The molecule has 3 aromatic rings. The summed E-state index contributed by atoms with van der Waals surface area (Å²) in [5, 5.41) is 10.6. The van der Waals surface area contributed by atoms with E-state index in [1.807, 2.05) is 12.1 Å². The Bertz CT molecular complexity index is 1060. The van der Waals surface area contributed by atoms with Crippen LogP contribution in [0.3, 0.4) is 0 Å². The zero-order chi connectivity index (χ0) is 20.1. The molecule has 0 amide bonds. The van der Waals surface area contributed by atoms with Crippen LogP contribution in [-0.2, 0) is 10.0 Å².